The lowest BCUT2D eigenvalue weighted by Crippen LogP contribution is -2.43. The molecule has 0 spiro atoms. The molecule has 0 aliphatic carbocycles. The van der Waals surface area contributed by atoms with E-state index in [4.69, 9.17) is 4.42 Å². The predicted octanol–water partition coefficient (Wildman–Crippen LogP) is 3.48. The van der Waals surface area contributed by atoms with Crippen molar-refractivity contribution in [1.82, 2.24) is 15.8 Å². The highest BCUT2D eigenvalue weighted by atomic mass is 16.3. The van der Waals surface area contributed by atoms with Gasteiger partial charge in [0, 0.05) is 16.6 Å². The fourth-order valence-electron chi connectivity index (χ4n) is 3.26. The number of hydrogen-bond donors (Lipinski definition) is 3. The standard InChI is InChI=1S/C23H19N3O4/c1-13-6-5-7-15(12-13)18-11-10-17(21(27)24-18)22(28)25-26-23(29)20-14(2)16-8-3-4-9-19(16)30-20/h3-12H,1-2H3,(H,24,27)(H,25,28)(H,26,29). The molecule has 2 aromatic heterocycles. The molecule has 2 heterocycles. The van der Waals surface area contributed by atoms with Gasteiger partial charge in [0.25, 0.3) is 11.5 Å². The van der Waals surface area contributed by atoms with Crippen molar-refractivity contribution in [1.29, 1.82) is 0 Å². The molecule has 0 saturated carbocycles. The Morgan fingerprint density at radius 3 is 2.40 bits per heavy atom. The lowest BCUT2D eigenvalue weighted by Gasteiger charge is -2.07. The third-order valence-corrected chi connectivity index (χ3v) is 4.82. The van der Waals surface area contributed by atoms with Gasteiger partial charge in [-0.1, -0.05) is 42.0 Å². The summed E-state index contributed by atoms with van der Waals surface area (Å²) < 4.78 is 5.57. The molecule has 3 N–H and O–H groups in total. The molecule has 0 saturated heterocycles. The topological polar surface area (TPSA) is 104 Å². The maximum atomic E-state index is 12.4. The average Bonchev–Trinajstić information content (AvgIpc) is 3.08. The summed E-state index contributed by atoms with van der Waals surface area (Å²) in [7, 11) is 0. The van der Waals surface area contributed by atoms with Crippen LogP contribution in [0.1, 0.15) is 32.0 Å². The second-order valence-electron chi connectivity index (χ2n) is 6.94. The molecular formula is C23H19N3O4. The van der Waals surface area contributed by atoms with Crippen LogP contribution in [0, 0.1) is 13.8 Å². The van der Waals surface area contributed by atoms with Crippen molar-refractivity contribution in [3.05, 3.63) is 93.5 Å². The van der Waals surface area contributed by atoms with Gasteiger partial charge in [-0.2, -0.15) is 0 Å². The highest BCUT2D eigenvalue weighted by Gasteiger charge is 2.19. The smallest absolute Gasteiger partial charge is 0.305 e. The number of aromatic nitrogens is 1. The van der Waals surface area contributed by atoms with E-state index in [9.17, 15) is 14.4 Å². The number of nitrogens with one attached hydrogen (secondary N) is 3. The number of hydrogen-bond acceptors (Lipinski definition) is 4. The number of rotatable bonds is 3. The van der Waals surface area contributed by atoms with Gasteiger partial charge in [0.15, 0.2) is 5.76 Å². The van der Waals surface area contributed by atoms with Crippen molar-refractivity contribution in [2.45, 2.75) is 13.8 Å². The van der Waals surface area contributed by atoms with E-state index in [0.717, 1.165) is 16.5 Å². The molecule has 0 bridgehead atoms. The number of aromatic amines is 1. The van der Waals surface area contributed by atoms with Crippen LogP contribution in [0.2, 0.25) is 0 Å². The summed E-state index contributed by atoms with van der Waals surface area (Å²) in [6, 6.07) is 18.0. The van der Waals surface area contributed by atoms with E-state index >= 15 is 0 Å². The Balaban J connectivity index is 1.49. The summed E-state index contributed by atoms with van der Waals surface area (Å²) in [5.41, 5.74) is 7.62. The maximum Gasteiger partial charge on any atom is 0.305 e. The Bertz CT molecular complexity index is 1330. The van der Waals surface area contributed by atoms with Crippen molar-refractivity contribution in [3.8, 4) is 11.3 Å². The molecule has 0 atom stereocenters. The summed E-state index contributed by atoms with van der Waals surface area (Å²) in [5.74, 6) is -1.24. The van der Waals surface area contributed by atoms with Gasteiger partial charge in [-0.3, -0.25) is 25.2 Å². The van der Waals surface area contributed by atoms with Crippen LogP contribution in [0.3, 0.4) is 0 Å². The number of fused-ring (bicyclic) bond motifs is 1. The highest BCUT2D eigenvalue weighted by Crippen LogP contribution is 2.24. The van der Waals surface area contributed by atoms with Crippen molar-refractivity contribution in [2.24, 2.45) is 0 Å². The number of furan rings is 1. The average molecular weight is 401 g/mol. The van der Waals surface area contributed by atoms with Crippen LogP contribution in [0.4, 0.5) is 0 Å². The molecule has 0 aliphatic heterocycles. The minimum absolute atomic E-state index is 0.0974. The Morgan fingerprint density at radius 2 is 1.67 bits per heavy atom. The number of carbonyl (C=O) groups is 2. The zero-order valence-corrected chi connectivity index (χ0v) is 16.4. The fraction of sp³-hybridized carbons (Fsp3) is 0.0870. The van der Waals surface area contributed by atoms with Gasteiger partial charge < -0.3 is 9.40 Å². The van der Waals surface area contributed by atoms with E-state index in [-0.39, 0.29) is 11.3 Å². The molecule has 30 heavy (non-hydrogen) atoms. The number of aryl methyl sites for hydroxylation is 2. The second-order valence-corrected chi connectivity index (χ2v) is 6.94. The van der Waals surface area contributed by atoms with Crippen LogP contribution >= 0.6 is 0 Å². The Hall–Kier alpha value is -4.13. The second kappa shape index (κ2) is 7.71. The van der Waals surface area contributed by atoms with Gasteiger partial charge in [-0.25, -0.2) is 0 Å². The van der Waals surface area contributed by atoms with E-state index in [1.54, 1.807) is 25.1 Å². The third-order valence-electron chi connectivity index (χ3n) is 4.82. The SMILES string of the molecule is Cc1cccc(-c2ccc(C(=O)NNC(=O)c3oc4ccccc4c3C)c(=O)[nH]2)c1. The number of para-hydroxylation sites is 1. The molecule has 0 aliphatic rings. The zero-order chi connectivity index (χ0) is 21.3. The molecule has 4 rings (SSSR count). The molecular weight excluding hydrogens is 382 g/mol. The minimum Gasteiger partial charge on any atom is -0.451 e. The third kappa shape index (κ3) is 3.60. The monoisotopic (exact) mass is 401 g/mol. The van der Waals surface area contributed by atoms with Crippen molar-refractivity contribution in [2.75, 3.05) is 0 Å². The van der Waals surface area contributed by atoms with Crippen molar-refractivity contribution < 1.29 is 14.0 Å². The summed E-state index contributed by atoms with van der Waals surface area (Å²) in [6.45, 7) is 3.72. The number of H-pyrrole nitrogens is 1. The number of amides is 2. The summed E-state index contributed by atoms with van der Waals surface area (Å²) in [4.78, 5) is 39.9. The normalized spacial score (nSPS) is 10.7. The first kappa shape index (κ1) is 19.2. The van der Waals surface area contributed by atoms with Crippen LogP contribution in [-0.4, -0.2) is 16.8 Å². The predicted molar refractivity (Wildman–Crippen MR) is 113 cm³/mol. The molecule has 150 valence electrons. The van der Waals surface area contributed by atoms with E-state index in [1.165, 1.54) is 6.07 Å². The molecule has 2 amide bonds. The first-order valence-corrected chi connectivity index (χ1v) is 9.33. The maximum absolute atomic E-state index is 12.4. The van der Waals surface area contributed by atoms with E-state index < -0.39 is 17.4 Å². The highest BCUT2D eigenvalue weighted by molar-refractivity contribution is 6.01. The fourth-order valence-corrected chi connectivity index (χ4v) is 3.26. The number of hydrazine groups is 1. The molecule has 0 radical (unpaired) electrons. The van der Waals surface area contributed by atoms with Gasteiger partial charge in [0.2, 0.25) is 0 Å². The summed E-state index contributed by atoms with van der Waals surface area (Å²) in [5, 5.41) is 0.817. The Labute approximate surface area is 171 Å². The van der Waals surface area contributed by atoms with Crippen LogP contribution in [0.5, 0.6) is 0 Å². The summed E-state index contributed by atoms with van der Waals surface area (Å²) >= 11 is 0. The van der Waals surface area contributed by atoms with Crippen molar-refractivity contribution >= 4 is 22.8 Å². The van der Waals surface area contributed by atoms with Gasteiger partial charge >= 0.3 is 5.91 Å². The zero-order valence-electron chi connectivity index (χ0n) is 16.4. The van der Waals surface area contributed by atoms with E-state index in [2.05, 4.69) is 15.8 Å². The van der Waals surface area contributed by atoms with Crippen LogP contribution in [0.25, 0.3) is 22.2 Å². The summed E-state index contributed by atoms with van der Waals surface area (Å²) in [6.07, 6.45) is 0. The molecule has 2 aromatic carbocycles. The van der Waals surface area contributed by atoms with Gasteiger partial charge in [0.1, 0.15) is 11.1 Å². The Morgan fingerprint density at radius 1 is 0.900 bits per heavy atom. The number of pyridine rings is 1. The van der Waals surface area contributed by atoms with Crippen molar-refractivity contribution in [3.63, 3.8) is 0 Å². The van der Waals surface area contributed by atoms with E-state index in [0.29, 0.717) is 16.8 Å². The molecule has 7 nitrogen and oxygen atoms in total. The van der Waals surface area contributed by atoms with Gasteiger partial charge in [-0.15, -0.1) is 0 Å². The first-order chi connectivity index (χ1) is 14.4. The lowest BCUT2D eigenvalue weighted by atomic mass is 10.1. The minimum atomic E-state index is -0.728. The molecule has 7 heteroatoms. The van der Waals surface area contributed by atoms with Gasteiger partial charge in [0.05, 0.1) is 0 Å². The quantitative estimate of drug-likeness (QED) is 0.457. The lowest BCUT2D eigenvalue weighted by molar-refractivity contribution is 0.0831. The van der Waals surface area contributed by atoms with E-state index in [1.807, 2.05) is 43.3 Å². The number of benzene rings is 2. The van der Waals surface area contributed by atoms with Gasteiger partial charge in [-0.05, 0) is 43.7 Å². The van der Waals surface area contributed by atoms with Crippen LogP contribution in [0.15, 0.2) is 69.9 Å². The molecule has 0 fully saturated rings. The van der Waals surface area contributed by atoms with Crippen LogP contribution in [-0.2, 0) is 0 Å². The Kier molecular flexibility index (Phi) is 4.93. The largest absolute Gasteiger partial charge is 0.451 e. The first-order valence-electron chi connectivity index (χ1n) is 9.33. The van der Waals surface area contributed by atoms with Crippen LogP contribution < -0.4 is 16.4 Å². The number of carbonyl (C=O) groups excluding carboxylic acids is 2. The molecule has 0 unspecified atom stereocenters. The molecule has 4 aromatic rings.